The van der Waals surface area contributed by atoms with Crippen LogP contribution in [0.1, 0.15) is 30.4 Å². The molecule has 7 heteroatoms. The lowest BCUT2D eigenvalue weighted by atomic mass is 9.76. The van der Waals surface area contributed by atoms with E-state index in [-0.39, 0.29) is 12.0 Å². The van der Waals surface area contributed by atoms with Gasteiger partial charge in [0.1, 0.15) is 0 Å². The number of aliphatic hydroxyl groups is 1. The molecule has 1 unspecified atom stereocenters. The largest absolute Gasteiger partial charge is 0.493 e. The summed E-state index contributed by atoms with van der Waals surface area (Å²) in [5.41, 5.74) is 2.21. The Morgan fingerprint density at radius 3 is 2.27 bits per heavy atom. The second kappa shape index (κ2) is 10.1. The number of likely N-dealkylation sites (tertiary alicyclic amines) is 1. The summed E-state index contributed by atoms with van der Waals surface area (Å²) >= 11 is 12.5. The van der Waals surface area contributed by atoms with Crippen molar-refractivity contribution in [1.29, 1.82) is 0 Å². The van der Waals surface area contributed by atoms with Crippen LogP contribution in [0.5, 0.6) is 17.2 Å². The molecule has 1 N–H and O–H groups in total. The van der Waals surface area contributed by atoms with Crippen molar-refractivity contribution in [3.63, 3.8) is 0 Å². The summed E-state index contributed by atoms with van der Waals surface area (Å²) < 4.78 is 16.4. The number of methoxy groups -OCH3 is 3. The lowest BCUT2D eigenvalue weighted by Gasteiger charge is -2.30. The highest BCUT2D eigenvalue weighted by atomic mass is 35.5. The first-order valence-corrected chi connectivity index (χ1v) is 10.8. The number of ether oxygens (including phenoxy) is 3. The molecule has 0 radical (unpaired) electrons. The van der Waals surface area contributed by atoms with E-state index in [9.17, 15) is 5.11 Å². The molecule has 0 aromatic heterocycles. The maximum atomic E-state index is 9.45. The van der Waals surface area contributed by atoms with Crippen LogP contribution in [0.4, 0.5) is 0 Å². The first-order valence-electron chi connectivity index (χ1n) is 10.0. The molecule has 2 aromatic carbocycles. The Kier molecular flexibility index (Phi) is 7.75. The number of halogens is 2. The van der Waals surface area contributed by atoms with Gasteiger partial charge in [-0.25, -0.2) is 0 Å². The van der Waals surface area contributed by atoms with Crippen molar-refractivity contribution in [2.24, 2.45) is 0 Å². The summed E-state index contributed by atoms with van der Waals surface area (Å²) in [7, 11) is 4.86. The van der Waals surface area contributed by atoms with Crippen LogP contribution in [0.25, 0.3) is 0 Å². The Bertz CT molecular complexity index is 851. The Balaban J connectivity index is 1.85. The highest BCUT2D eigenvalue weighted by molar-refractivity contribution is 6.42. The van der Waals surface area contributed by atoms with Gasteiger partial charge in [0.2, 0.25) is 5.75 Å². The van der Waals surface area contributed by atoms with Gasteiger partial charge in [-0.15, -0.1) is 0 Å². The highest BCUT2D eigenvalue weighted by Gasteiger charge is 2.39. The van der Waals surface area contributed by atoms with Crippen molar-refractivity contribution in [3.05, 3.63) is 51.5 Å². The second-order valence-corrected chi connectivity index (χ2v) is 8.55. The second-order valence-electron chi connectivity index (χ2n) is 7.73. The Hall–Kier alpha value is -1.66. The summed E-state index contributed by atoms with van der Waals surface area (Å²) in [5, 5.41) is 10.6. The lowest BCUT2D eigenvalue weighted by molar-refractivity contribution is 0.249. The Morgan fingerprint density at radius 2 is 1.70 bits per heavy atom. The topological polar surface area (TPSA) is 51.2 Å². The third kappa shape index (κ3) is 4.80. The summed E-state index contributed by atoms with van der Waals surface area (Å²) in [6.45, 7) is 2.76. The van der Waals surface area contributed by atoms with Crippen LogP contribution >= 0.6 is 23.2 Å². The van der Waals surface area contributed by atoms with Crippen molar-refractivity contribution >= 4 is 23.2 Å². The molecule has 30 heavy (non-hydrogen) atoms. The van der Waals surface area contributed by atoms with Gasteiger partial charge in [0.25, 0.3) is 0 Å². The van der Waals surface area contributed by atoms with Gasteiger partial charge in [-0.1, -0.05) is 29.3 Å². The highest BCUT2D eigenvalue weighted by Crippen LogP contribution is 2.42. The molecule has 0 saturated carbocycles. The van der Waals surface area contributed by atoms with Crippen molar-refractivity contribution in [3.8, 4) is 17.2 Å². The van der Waals surface area contributed by atoms with Crippen molar-refractivity contribution < 1.29 is 19.3 Å². The number of hydrogen-bond donors (Lipinski definition) is 1. The Morgan fingerprint density at radius 1 is 1.00 bits per heavy atom. The van der Waals surface area contributed by atoms with Gasteiger partial charge in [0, 0.05) is 25.1 Å². The molecule has 1 heterocycles. The van der Waals surface area contributed by atoms with E-state index < -0.39 is 0 Å². The molecule has 5 nitrogen and oxygen atoms in total. The van der Waals surface area contributed by atoms with E-state index in [0.717, 1.165) is 44.5 Å². The van der Waals surface area contributed by atoms with Crippen LogP contribution in [0.3, 0.4) is 0 Å². The minimum absolute atomic E-state index is 0.0579. The average Bonchev–Trinajstić information content (AvgIpc) is 3.17. The van der Waals surface area contributed by atoms with Crippen molar-refractivity contribution in [2.45, 2.75) is 31.2 Å². The standard InChI is InChI=1S/C23H29Cl2NO4/c1-28-20-11-16(12-21(29-2)22(20)30-3)14-26-9-8-23(15-26,7-4-10-27)17-5-6-18(24)19(25)13-17/h5-6,11-13,27H,4,7-10,14-15H2,1-3H3. The molecule has 3 rings (SSSR count). The molecule has 1 aliphatic rings. The molecule has 0 aliphatic carbocycles. The van der Waals surface area contributed by atoms with Gasteiger partial charge < -0.3 is 19.3 Å². The molecule has 164 valence electrons. The summed E-state index contributed by atoms with van der Waals surface area (Å²) in [5.74, 6) is 1.91. The van der Waals surface area contributed by atoms with Crippen LogP contribution in [-0.4, -0.2) is 51.0 Å². The van der Waals surface area contributed by atoms with E-state index in [1.54, 1.807) is 21.3 Å². The van der Waals surface area contributed by atoms with Crippen LogP contribution in [0, 0.1) is 0 Å². The maximum Gasteiger partial charge on any atom is 0.203 e. The van der Waals surface area contributed by atoms with Crippen LogP contribution < -0.4 is 14.2 Å². The number of rotatable bonds is 9. The number of nitrogens with zero attached hydrogens (tertiary/aromatic N) is 1. The molecule has 0 bridgehead atoms. The first-order chi connectivity index (χ1) is 14.5. The predicted molar refractivity (Wildman–Crippen MR) is 120 cm³/mol. The van der Waals surface area contributed by atoms with E-state index in [4.69, 9.17) is 37.4 Å². The Labute approximate surface area is 188 Å². The average molecular weight is 454 g/mol. The van der Waals surface area contributed by atoms with Crippen LogP contribution in [-0.2, 0) is 12.0 Å². The first kappa shape index (κ1) is 23.0. The molecule has 1 saturated heterocycles. The van der Waals surface area contributed by atoms with Crippen molar-refractivity contribution in [1.82, 2.24) is 4.90 Å². The summed E-state index contributed by atoms with van der Waals surface area (Å²) in [4.78, 5) is 2.42. The molecule has 0 spiro atoms. The van der Waals surface area contributed by atoms with Crippen LogP contribution in [0.15, 0.2) is 30.3 Å². The number of hydrogen-bond acceptors (Lipinski definition) is 5. The maximum absolute atomic E-state index is 9.45. The van der Waals surface area contributed by atoms with Crippen molar-refractivity contribution in [2.75, 3.05) is 41.0 Å². The molecule has 1 atom stereocenters. The predicted octanol–water partition coefficient (Wildman–Crippen LogP) is 4.94. The smallest absolute Gasteiger partial charge is 0.203 e. The van der Waals surface area contributed by atoms with Gasteiger partial charge >= 0.3 is 0 Å². The van der Waals surface area contributed by atoms with Gasteiger partial charge in [-0.05, 0) is 61.2 Å². The third-order valence-corrected chi connectivity index (χ3v) is 6.65. The molecular weight excluding hydrogens is 425 g/mol. The SMILES string of the molecule is COc1cc(CN2CCC(CCCO)(c3ccc(Cl)c(Cl)c3)C2)cc(OC)c1OC. The third-order valence-electron chi connectivity index (χ3n) is 5.91. The van der Waals surface area contributed by atoms with E-state index >= 15 is 0 Å². The molecule has 1 fully saturated rings. The van der Waals surface area contributed by atoms with E-state index in [0.29, 0.717) is 27.3 Å². The molecule has 2 aromatic rings. The summed E-state index contributed by atoms with van der Waals surface area (Å²) in [6.07, 6.45) is 2.64. The van der Waals surface area contributed by atoms with Gasteiger partial charge in [0.15, 0.2) is 11.5 Å². The fourth-order valence-corrected chi connectivity index (χ4v) is 4.70. The number of aliphatic hydroxyl groups excluding tert-OH is 1. The van der Waals surface area contributed by atoms with Gasteiger partial charge in [-0.2, -0.15) is 0 Å². The number of benzene rings is 2. The van der Waals surface area contributed by atoms with E-state index in [1.165, 1.54) is 5.56 Å². The monoisotopic (exact) mass is 453 g/mol. The summed E-state index contributed by atoms with van der Waals surface area (Å²) in [6, 6.07) is 9.89. The minimum atomic E-state index is -0.0579. The zero-order valence-corrected chi connectivity index (χ0v) is 19.2. The van der Waals surface area contributed by atoms with Crippen LogP contribution in [0.2, 0.25) is 10.0 Å². The molecule has 1 aliphatic heterocycles. The fraction of sp³-hybridized carbons (Fsp3) is 0.478. The van der Waals surface area contributed by atoms with E-state index in [1.807, 2.05) is 24.3 Å². The van der Waals surface area contributed by atoms with Gasteiger partial charge in [0.05, 0.1) is 31.4 Å². The normalized spacial score (nSPS) is 19.1. The zero-order chi connectivity index (χ0) is 21.7. The quantitative estimate of drug-likeness (QED) is 0.582. The minimum Gasteiger partial charge on any atom is -0.493 e. The zero-order valence-electron chi connectivity index (χ0n) is 17.7. The molecular formula is C23H29Cl2NO4. The van der Waals surface area contributed by atoms with E-state index in [2.05, 4.69) is 11.0 Å². The lowest BCUT2D eigenvalue weighted by Crippen LogP contribution is -2.31. The van der Waals surface area contributed by atoms with Gasteiger partial charge in [-0.3, -0.25) is 4.90 Å². The molecule has 0 amide bonds. The fourth-order valence-electron chi connectivity index (χ4n) is 4.41.